The Hall–Kier alpha value is -1.79. The monoisotopic (exact) mass is 312 g/mol. The van der Waals surface area contributed by atoms with E-state index in [0.717, 1.165) is 0 Å². The Morgan fingerprint density at radius 2 is 2.14 bits per heavy atom. The zero-order valence-corrected chi connectivity index (χ0v) is 12.6. The fourth-order valence-electron chi connectivity index (χ4n) is 2.22. The van der Waals surface area contributed by atoms with Gasteiger partial charge in [-0.05, 0) is 32.0 Å². The van der Waals surface area contributed by atoms with Crippen LogP contribution in [0.2, 0.25) is 5.02 Å². The quantitative estimate of drug-likeness (QED) is 0.880. The van der Waals surface area contributed by atoms with Crippen molar-refractivity contribution in [2.75, 3.05) is 25.1 Å². The van der Waals surface area contributed by atoms with Gasteiger partial charge in [-0.25, -0.2) is 9.59 Å². The summed E-state index contributed by atoms with van der Waals surface area (Å²) < 4.78 is 5.36. The van der Waals surface area contributed by atoms with E-state index in [1.54, 1.807) is 4.90 Å². The lowest BCUT2D eigenvalue weighted by atomic mass is 10.0. The third-order valence-electron chi connectivity index (χ3n) is 3.34. The van der Waals surface area contributed by atoms with E-state index in [2.05, 4.69) is 5.32 Å². The molecule has 1 aromatic rings. The second-order valence-corrected chi connectivity index (χ2v) is 5.88. The standard InChI is InChI=1S/C14H17ClN2O4/c1-14(2)8-21-6-5-17(14)13(20)16-11-4-3-9(15)7-10(11)12(18)19/h3-4,7H,5-6,8H2,1-2H3,(H,16,20)(H,18,19). The molecule has 0 unspecified atom stereocenters. The van der Waals surface area contributed by atoms with Gasteiger partial charge in [-0.2, -0.15) is 0 Å². The van der Waals surface area contributed by atoms with Gasteiger partial charge in [0.1, 0.15) is 0 Å². The predicted octanol–water partition coefficient (Wildman–Crippen LogP) is 2.68. The van der Waals surface area contributed by atoms with Crippen molar-refractivity contribution in [1.82, 2.24) is 4.90 Å². The highest BCUT2D eigenvalue weighted by molar-refractivity contribution is 6.31. The van der Waals surface area contributed by atoms with E-state index in [9.17, 15) is 14.7 Å². The van der Waals surface area contributed by atoms with Crippen LogP contribution in [-0.2, 0) is 4.74 Å². The molecule has 0 radical (unpaired) electrons. The molecule has 1 saturated heterocycles. The smallest absolute Gasteiger partial charge is 0.337 e. The molecule has 21 heavy (non-hydrogen) atoms. The summed E-state index contributed by atoms with van der Waals surface area (Å²) in [5.41, 5.74) is -0.265. The Bertz CT molecular complexity index is 574. The normalized spacial score (nSPS) is 17.4. The lowest BCUT2D eigenvalue weighted by Crippen LogP contribution is -2.56. The number of carbonyl (C=O) groups excluding carboxylic acids is 1. The number of urea groups is 1. The van der Waals surface area contributed by atoms with Gasteiger partial charge in [0.15, 0.2) is 0 Å². The van der Waals surface area contributed by atoms with Gasteiger partial charge in [-0.15, -0.1) is 0 Å². The van der Waals surface area contributed by atoms with E-state index in [1.165, 1.54) is 18.2 Å². The molecule has 7 heteroatoms. The Morgan fingerprint density at radius 1 is 1.43 bits per heavy atom. The minimum atomic E-state index is -1.14. The predicted molar refractivity (Wildman–Crippen MR) is 79.0 cm³/mol. The molecule has 0 bridgehead atoms. The van der Waals surface area contributed by atoms with Crippen molar-refractivity contribution in [3.63, 3.8) is 0 Å². The van der Waals surface area contributed by atoms with Gasteiger partial charge in [-0.1, -0.05) is 11.6 Å². The number of hydrogen-bond acceptors (Lipinski definition) is 3. The molecule has 1 fully saturated rings. The molecule has 1 aromatic carbocycles. The van der Waals surface area contributed by atoms with Crippen LogP contribution in [0.1, 0.15) is 24.2 Å². The lowest BCUT2D eigenvalue weighted by Gasteiger charge is -2.41. The summed E-state index contributed by atoms with van der Waals surface area (Å²) in [4.78, 5) is 25.2. The minimum Gasteiger partial charge on any atom is -0.478 e. The molecule has 0 spiro atoms. The maximum atomic E-state index is 12.4. The summed E-state index contributed by atoms with van der Waals surface area (Å²) in [7, 11) is 0. The van der Waals surface area contributed by atoms with Crippen molar-refractivity contribution in [1.29, 1.82) is 0 Å². The molecule has 6 nitrogen and oxygen atoms in total. The summed E-state index contributed by atoms with van der Waals surface area (Å²) in [6, 6.07) is 3.97. The summed E-state index contributed by atoms with van der Waals surface area (Å²) in [5, 5.41) is 12.1. The molecular weight excluding hydrogens is 296 g/mol. The average Bonchev–Trinajstić information content (AvgIpc) is 2.39. The first kappa shape index (κ1) is 15.6. The van der Waals surface area contributed by atoms with Gasteiger partial charge in [-0.3, -0.25) is 0 Å². The maximum absolute atomic E-state index is 12.4. The summed E-state index contributed by atoms with van der Waals surface area (Å²) in [6.45, 7) is 5.14. The highest BCUT2D eigenvalue weighted by Gasteiger charge is 2.34. The number of carboxylic acid groups (broad SMARTS) is 1. The van der Waals surface area contributed by atoms with Crippen molar-refractivity contribution in [3.8, 4) is 0 Å². The van der Waals surface area contributed by atoms with Crippen LogP contribution >= 0.6 is 11.6 Å². The van der Waals surface area contributed by atoms with Gasteiger partial charge < -0.3 is 20.1 Å². The number of carboxylic acids is 1. The molecule has 2 rings (SSSR count). The van der Waals surface area contributed by atoms with Crippen LogP contribution in [0.15, 0.2) is 18.2 Å². The number of nitrogens with one attached hydrogen (secondary N) is 1. The second-order valence-electron chi connectivity index (χ2n) is 5.44. The Morgan fingerprint density at radius 3 is 2.76 bits per heavy atom. The van der Waals surface area contributed by atoms with E-state index >= 15 is 0 Å². The first-order valence-corrected chi connectivity index (χ1v) is 6.88. The molecule has 1 heterocycles. The number of carbonyl (C=O) groups is 2. The number of aromatic carboxylic acids is 1. The highest BCUT2D eigenvalue weighted by atomic mass is 35.5. The van der Waals surface area contributed by atoms with Crippen LogP contribution in [0.3, 0.4) is 0 Å². The molecular formula is C14H17ClN2O4. The molecule has 114 valence electrons. The van der Waals surface area contributed by atoms with Crippen molar-refractivity contribution in [2.24, 2.45) is 0 Å². The van der Waals surface area contributed by atoms with Crippen LogP contribution in [0.4, 0.5) is 10.5 Å². The topological polar surface area (TPSA) is 78.9 Å². The van der Waals surface area contributed by atoms with Crippen LogP contribution in [0.5, 0.6) is 0 Å². The van der Waals surface area contributed by atoms with Gasteiger partial charge in [0.2, 0.25) is 0 Å². The zero-order chi connectivity index (χ0) is 15.6. The van der Waals surface area contributed by atoms with E-state index < -0.39 is 11.5 Å². The van der Waals surface area contributed by atoms with Crippen molar-refractivity contribution < 1.29 is 19.4 Å². The fourth-order valence-corrected chi connectivity index (χ4v) is 2.39. The number of rotatable bonds is 2. The SMILES string of the molecule is CC1(C)COCCN1C(=O)Nc1ccc(Cl)cc1C(=O)O. The molecule has 2 N–H and O–H groups in total. The Kier molecular flexibility index (Phi) is 4.39. The van der Waals surface area contributed by atoms with Crippen molar-refractivity contribution in [3.05, 3.63) is 28.8 Å². The van der Waals surface area contributed by atoms with E-state index in [-0.39, 0.29) is 17.3 Å². The van der Waals surface area contributed by atoms with Gasteiger partial charge >= 0.3 is 12.0 Å². The summed E-state index contributed by atoms with van der Waals surface area (Å²) in [6.07, 6.45) is 0. The zero-order valence-electron chi connectivity index (χ0n) is 11.9. The number of benzene rings is 1. The third-order valence-corrected chi connectivity index (χ3v) is 3.58. The largest absolute Gasteiger partial charge is 0.478 e. The first-order chi connectivity index (χ1) is 9.81. The molecule has 0 aliphatic carbocycles. The number of morpholine rings is 1. The Labute approximate surface area is 127 Å². The van der Waals surface area contributed by atoms with E-state index in [1.807, 2.05) is 13.8 Å². The molecule has 2 amide bonds. The highest BCUT2D eigenvalue weighted by Crippen LogP contribution is 2.24. The number of anilines is 1. The Balaban J connectivity index is 2.22. The van der Waals surface area contributed by atoms with Crippen LogP contribution < -0.4 is 5.32 Å². The second kappa shape index (κ2) is 5.91. The van der Waals surface area contributed by atoms with Gasteiger partial charge in [0.05, 0.1) is 30.0 Å². The molecule has 0 aromatic heterocycles. The maximum Gasteiger partial charge on any atom is 0.337 e. The van der Waals surface area contributed by atoms with E-state index in [0.29, 0.717) is 24.8 Å². The number of halogens is 1. The minimum absolute atomic E-state index is 0.0399. The lowest BCUT2D eigenvalue weighted by molar-refractivity contribution is -0.0249. The fraction of sp³-hybridized carbons (Fsp3) is 0.429. The van der Waals surface area contributed by atoms with Crippen molar-refractivity contribution >= 4 is 29.3 Å². The molecule has 0 saturated carbocycles. The molecule has 1 aliphatic heterocycles. The van der Waals surface area contributed by atoms with Crippen LogP contribution in [0, 0.1) is 0 Å². The van der Waals surface area contributed by atoms with Crippen LogP contribution in [-0.4, -0.2) is 47.3 Å². The summed E-state index contributed by atoms with van der Waals surface area (Å²) >= 11 is 5.79. The van der Waals surface area contributed by atoms with E-state index in [4.69, 9.17) is 16.3 Å². The number of nitrogens with zero attached hydrogens (tertiary/aromatic N) is 1. The average molecular weight is 313 g/mol. The molecule has 1 aliphatic rings. The van der Waals surface area contributed by atoms with Crippen LogP contribution in [0.25, 0.3) is 0 Å². The summed E-state index contributed by atoms with van der Waals surface area (Å²) in [5.74, 6) is -1.14. The first-order valence-electron chi connectivity index (χ1n) is 6.50. The van der Waals surface area contributed by atoms with Gasteiger partial charge in [0.25, 0.3) is 0 Å². The molecule has 0 atom stereocenters. The third kappa shape index (κ3) is 3.46. The number of ether oxygens (including phenoxy) is 1. The van der Waals surface area contributed by atoms with Crippen molar-refractivity contribution in [2.45, 2.75) is 19.4 Å². The number of amides is 2. The van der Waals surface area contributed by atoms with Gasteiger partial charge in [0, 0.05) is 11.6 Å². The number of hydrogen-bond donors (Lipinski definition) is 2.